The van der Waals surface area contributed by atoms with E-state index in [4.69, 9.17) is 0 Å². The van der Waals surface area contributed by atoms with E-state index in [9.17, 15) is 4.79 Å². The Kier molecular flexibility index (Phi) is 6.43. The zero-order valence-electron chi connectivity index (χ0n) is 14.3. The summed E-state index contributed by atoms with van der Waals surface area (Å²) in [5.41, 5.74) is 1.24. The van der Waals surface area contributed by atoms with Gasteiger partial charge in [0.2, 0.25) is 5.91 Å². The van der Waals surface area contributed by atoms with Gasteiger partial charge in [0.25, 0.3) is 0 Å². The molecular formula is C17H30N4O. The molecule has 1 amide bonds. The van der Waals surface area contributed by atoms with Gasteiger partial charge in [-0.3, -0.25) is 9.48 Å². The standard InChI is InChI=1S/C17H30N4O/c1-19-10-4-6-15(13-19)8-9-17(22)20(2)11-5-7-16-12-18-21(3)14-16/h12,14-15H,4-11,13H2,1-3H3/t15-/m1/s1. The van der Waals surface area contributed by atoms with E-state index >= 15 is 0 Å². The zero-order chi connectivity index (χ0) is 15.9. The first-order valence-electron chi connectivity index (χ1n) is 8.44. The summed E-state index contributed by atoms with van der Waals surface area (Å²) in [5, 5.41) is 4.17. The lowest BCUT2D eigenvalue weighted by Crippen LogP contribution is -2.33. The van der Waals surface area contributed by atoms with Gasteiger partial charge in [0, 0.05) is 39.8 Å². The van der Waals surface area contributed by atoms with Crippen molar-refractivity contribution in [1.82, 2.24) is 19.6 Å². The molecule has 0 aliphatic carbocycles. The van der Waals surface area contributed by atoms with Crippen LogP contribution in [-0.4, -0.2) is 59.2 Å². The molecule has 2 rings (SSSR count). The van der Waals surface area contributed by atoms with E-state index in [1.165, 1.54) is 24.9 Å². The van der Waals surface area contributed by atoms with Crippen LogP contribution in [0.15, 0.2) is 12.4 Å². The summed E-state index contributed by atoms with van der Waals surface area (Å²) >= 11 is 0. The van der Waals surface area contributed by atoms with Crippen LogP contribution in [0, 0.1) is 5.92 Å². The maximum absolute atomic E-state index is 12.2. The third-order valence-corrected chi connectivity index (χ3v) is 4.63. The Morgan fingerprint density at radius 1 is 1.45 bits per heavy atom. The van der Waals surface area contributed by atoms with E-state index in [1.54, 1.807) is 0 Å². The van der Waals surface area contributed by atoms with Crippen LogP contribution in [0.3, 0.4) is 0 Å². The van der Waals surface area contributed by atoms with Gasteiger partial charge < -0.3 is 9.80 Å². The number of piperidine rings is 1. The third-order valence-electron chi connectivity index (χ3n) is 4.63. The van der Waals surface area contributed by atoms with Crippen LogP contribution in [-0.2, 0) is 18.3 Å². The topological polar surface area (TPSA) is 41.4 Å². The lowest BCUT2D eigenvalue weighted by molar-refractivity contribution is -0.130. The highest BCUT2D eigenvalue weighted by atomic mass is 16.2. The summed E-state index contributed by atoms with van der Waals surface area (Å²) in [4.78, 5) is 16.5. The number of rotatable bonds is 7. The number of carbonyl (C=O) groups is 1. The largest absolute Gasteiger partial charge is 0.346 e. The maximum atomic E-state index is 12.2. The van der Waals surface area contributed by atoms with Crippen LogP contribution < -0.4 is 0 Å². The number of hydrogen-bond donors (Lipinski definition) is 0. The first-order chi connectivity index (χ1) is 10.5. The minimum absolute atomic E-state index is 0.291. The molecule has 1 aromatic heterocycles. The monoisotopic (exact) mass is 306 g/mol. The average Bonchev–Trinajstić information content (AvgIpc) is 2.90. The first kappa shape index (κ1) is 17.0. The normalized spacial score (nSPS) is 19.3. The number of carbonyl (C=O) groups excluding carboxylic acids is 1. The van der Waals surface area contributed by atoms with E-state index in [2.05, 4.69) is 17.0 Å². The molecule has 5 heteroatoms. The quantitative estimate of drug-likeness (QED) is 0.773. The van der Waals surface area contributed by atoms with Crippen molar-refractivity contribution in [2.75, 3.05) is 33.7 Å². The van der Waals surface area contributed by atoms with Crippen molar-refractivity contribution in [1.29, 1.82) is 0 Å². The number of nitrogens with zero attached hydrogens (tertiary/aromatic N) is 4. The van der Waals surface area contributed by atoms with Gasteiger partial charge in [-0.05, 0) is 57.2 Å². The summed E-state index contributed by atoms with van der Waals surface area (Å²) in [6.45, 7) is 3.19. The molecule has 1 fully saturated rings. The molecule has 0 bridgehead atoms. The average molecular weight is 306 g/mol. The van der Waals surface area contributed by atoms with Crippen molar-refractivity contribution in [2.45, 2.75) is 38.5 Å². The van der Waals surface area contributed by atoms with E-state index < -0.39 is 0 Å². The third kappa shape index (κ3) is 5.44. The molecule has 1 aromatic rings. The van der Waals surface area contributed by atoms with Gasteiger partial charge in [-0.15, -0.1) is 0 Å². The molecule has 1 saturated heterocycles. The Labute approximate surface area is 134 Å². The van der Waals surface area contributed by atoms with Gasteiger partial charge in [0.1, 0.15) is 0 Å². The van der Waals surface area contributed by atoms with E-state index in [-0.39, 0.29) is 0 Å². The summed E-state index contributed by atoms with van der Waals surface area (Å²) < 4.78 is 1.82. The molecule has 124 valence electrons. The Hall–Kier alpha value is -1.36. The van der Waals surface area contributed by atoms with Crippen LogP contribution in [0.1, 0.15) is 37.7 Å². The predicted octanol–water partition coefficient (Wildman–Crippen LogP) is 1.93. The van der Waals surface area contributed by atoms with Crippen molar-refractivity contribution in [3.05, 3.63) is 18.0 Å². The molecule has 22 heavy (non-hydrogen) atoms. The van der Waals surface area contributed by atoms with Crippen molar-refractivity contribution in [3.63, 3.8) is 0 Å². The fourth-order valence-corrected chi connectivity index (χ4v) is 3.27. The number of likely N-dealkylation sites (tertiary alicyclic amines) is 1. The smallest absolute Gasteiger partial charge is 0.222 e. The van der Waals surface area contributed by atoms with Gasteiger partial charge >= 0.3 is 0 Å². The van der Waals surface area contributed by atoms with Crippen LogP contribution in [0.4, 0.5) is 0 Å². The predicted molar refractivity (Wildman–Crippen MR) is 88.6 cm³/mol. The molecule has 0 unspecified atom stereocenters. The van der Waals surface area contributed by atoms with Crippen molar-refractivity contribution in [2.24, 2.45) is 13.0 Å². The summed E-state index contributed by atoms with van der Waals surface area (Å²) in [6, 6.07) is 0. The molecule has 0 N–H and O–H groups in total. The Morgan fingerprint density at radius 2 is 2.27 bits per heavy atom. The van der Waals surface area contributed by atoms with Gasteiger partial charge in [0.05, 0.1) is 6.20 Å². The Morgan fingerprint density at radius 3 is 2.95 bits per heavy atom. The molecule has 5 nitrogen and oxygen atoms in total. The Bertz CT molecular complexity index is 471. The van der Waals surface area contributed by atoms with Crippen LogP contribution in [0.25, 0.3) is 0 Å². The van der Waals surface area contributed by atoms with Crippen LogP contribution in [0.5, 0.6) is 0 Å². The van der Waals surface area contributed by atoms with Gasteiger partial charge in [-0.25, -0.2) is 0 Å². The number of hydrogen-bond acceptors (Lipinski definition) is 3. The first-order valence-corrected chi connectivity index (χ1v) is 8.44. The lowest BCUT2D eigenvalue weighted by Gasteiger charge is -2.29. The minimum atomic E-state index is 0.291. The van der Waals surface area contributed by atoms with Crippen molar-refractivity contribution in [3.8, 4) is 0 Å². The second-order valence-electron chi connectivity index (χ2n) is 6.75. The highest BCUT2D eigenvalue weighted by Gasteiger charge is 2.19. The molecule has 1 atom stereocenters. The van der Waals surface area contributed by atoms with Crippen molar-refractivity contribution < 1.29 is 4.79 Å². The summed E-state index contributed by atoms with van der Waals surface area (Å²) in [7, 11) is 6.04. The van der Waals surface area contributed by atoms with Crippen LogP contribution in [0.2, 0.25) is 0 Å². The molecule has 0 saturated carbocycles. The Balaban J connectivity index is 1.62. The maximum Gasteiger partial charge on any atom is 0.222 e. The highest BCUT2D eigenvalue weighted by molar-refractivity contribution is 5.75. The van der Waals surface area contributed by atoms with Crippen LogP contribution >= 0.6 is 0 Å². The van der Waals surface area contributed by atoms with E-state index in [0.29, 0.717) is 18.2 Å². The number of amides is 1. The molecule has 2 heterocycles. The second-order valence-corrected chi connectivity index (χ2v) is 6.75. The minimum Gasteiger partial charge on any atom is -0.346 e. The second kappa shape index (κ2) is 8.32. The summed E-state index contributed by atoms with van der Waals surface area (Å²) in [5.74, 6) is 0.992. The molecule has 1 aliphatic heterocycles. The van der Waals surface area contributed by atoms with Gasteiger partial charge in [0.15, 0.2) is 0 Å². The fraction of sp³-hybridized carbons (Fsp3) is 0.765. The van der Waals surface area contributed by atoms with Crippen molar-refractivity contribution >= 4 is 5.91 Å². The molecular weight excluding hydrogens is 276 g/mol. The van der Waals surface area contributed by atoms with Gasteiger partial charge in [-0.1, -0.05) is 0 Å². The van der Waals surface area contributed by atoms with E-state index in [1.807, 2.05) is 36.1 Å². The number of aryl methyl sites for hydroxylation is 2. The SMILES string of the molecule is CN1CCC[C@H](CCC(=O)N(C)CCCc2cnn(C)c2)C1. The molecule has 0 spiro atoms. The fourth-order valence-electron chi connectivity index (χ4n) is 3.27. The zero-order valence-corrected chi connectivity index (χ0v) is 14.3. The van der Waals surface area contributed by atoms with Gasteiger partial charge in [-0.2, -0.15) is 5.10 Å². The summed E-state index contributed by atoms with van der Waals surface area (Å²) in [6.07, 6.45) is 10.2. The molecule has 0 radical (unpaired) electrons. The molecule has 1 aliphatic rings. The lowest BCUT2D eigenvalue weighted by atomic mass is 9.93. The molecule has 0 aromatic carbocycles. The highest BCUT2D eigenvalue weighted by Crippen LogP contribution is 2.20. The van der Waals surface area contributed by atoms with E-state index in [0.717, 1.165) is 32.4 Å². The number of aromatic nitrogens is 2.